The standard InChI is InChI=1S/C16H12N4O4/c1-10-16(21)19(9-12-5-3-2-4-11(12)8-17)15-13(24-10)6-7-14(18-15)20(22)23/h2-7,10H,9H2,1H3. The van der Waals surface area contributed by atoms with E-state index in [1.807, 2.05) is 0 Å². The molecule has 1 aromatic carbocycles. The molecule has 0 aliphatic carbocycles. The van der Waals surface area contributed by atoms with Gasteiger partial charge in [0.05, 0.1) is 18.2 Å². The largest absolute Gasteiger partial charge is 0.475 e. The summed E-state index contributed by atoms with van der Waals surface area (Å²) < 4.78 is 5.46. The molecule has 0 saturated heterocycles. The van der Waals surface area contributed by atoms with Crippen molar-refractivity contribution in [3.8, 4) is 11.8 Å². The van der Waals surface area contributed by atoms with Crippen LogP contribution in [0.4, 0.5) is 11.6 Å². The number of nitriles is 1. The number of benzene rings is 1. The molecule has 2 aromatic rings. The molecule has 0 spiro atoms. The molecule has 8 nitrogen and oxygen atoms in total. The molecule has 1 aliphatic heterocycles. The molecular formula is C16H12N4O4. The van der Waals surface area contributed by atoms with E-state index in [9.17, 15) is 20.2 Å². The van der Waals surface area contributed by atoms with E-state index in [1.54, 1.807) is 31.2 Å². The van der Waals surface area contributed by atoms with Crippen molar-refractivity contribution in [2.75, 3.05) is 4.90 Å². The van der Waals surface area contributed by atoms with Gasteiger partial charge >= 0.3 is 5.82 Å². The Hall–Kier alpha value is -3.47. The third-order valence-corrected chi connectivity index (χ3v) is 3.65. The van der Waals surface area contributed by atoms with E-state index in [4.69, 9.17) is 4.74 Å². The van der Waals surface area contributed by atoms with E-state index < -0.39 is 11.0 Å². The second kappa shape index (κ2) is 5.96. The summed E-state index contributed by atoms with van der Waals surface area (Å²) in [7, 11) is 0. The van der Waals surface area contributed by atoms with Crippen LogP contribution in [-0.4, -0.2) is 21.9 Å². The minimum Gasteiger partial charge on any atom is -0.475 e. The number of amides is 1. The fourth-order valence-electron chi connectivity index (χ4n) is 2.47. The maximum atomic E-state index is 12.5. The number of ether oxygens (including phenoxy) is 1. The predicted molar refractivity (Wildman–Crippen MR) is 83.3 cm³/mol. The third kappa shape index (κ3) is 2.63. The number of anilines is 1. The van der Waals surface area contributed by atoms with Crippen molar-refractivity contribution in [1.82, 2.24) is 4.98 Å². The highest BCUT2D eigenvalue weighted by atomic mass is 16.6. The van der Waals surface area contributed by atoms with Crippen LogP contribution in [0, 0.1) is 21.4 Å². The first-order valence-electron chi connectivity index (χ1n) is 7.12. The lowest BCUT2D eigenvalue weighted by Crippen LogP contribution is -2.44. The van der Waals surface area contributed by atoms with Gasteiger partial charge in [-0.3, -0.25) is 9.69 Å². The average molecular weight is 324 g/mol. The van der Waals surface area contributed by atoms with Crippen LogP contribution in [-0.2, 0) is 11.3 Å². The molecule has 1 atom stereocenters. The average Bonchev–Trinajstić information content (AvgIpc) is 2.58. The van der Waals surface area contributed by atoms with E-state index in [0.29, 0.717) is 16.9 Å². The van der Waals surface area contributed by atoms with Crippen molar-refractivity contribution in [1.29, 1.82) is 5.26 Å². The predicted octanol–water partition coefficient (Wildman–Crippen LogP) is 2.18. The van der Waals surface area contributed by atoms with Gasteiger partial charge in [-0.2, -0.15) is 5.26 Å². The molecule has 0 bridgehead atoms. The number of carbonyl (C=O) groups is 1. The zero-order chi connectivity index (χ0) is 17.3. The number of hydrogen-bond donors (Lipinski definition) is 0. The van der Waals surface area contributed by atoms with Crippen LogP contribution in [0.5, 0.6) is 5.75 Å². The summed E-state index contributed by atoms with van der Waals surface area (Å²) in [5.74, 6) is -0.372. The van der Waals surface area contributed by atoms with Gasteiger partial charge in [-0.15, -0.1) is 0 Å². The van der Waals surface area contributed by atoms with Gasteiger partial charge < -0.3 is 14.9 Å². The summed E-state index contributed by atoms with van der Waals surface area (Å²) in [5, 5.41) is 20.1. The fourth-order valence-corrected chi connectivity index (χ4v) is 2.47. The highest BCUT2D eigenvalue weighted by Gasteiger charge is 2.37. The Bertz CT molecular complexity index is 875. The molecular weight excluding hydrogens is 312 g/mol. The van der Waals surface area contributed by atoms with Crippen molar-refractivity contribution < 1.29 is 14.5 Å². The summed E-state index contributed by atoms with van der Waals surface area (Å²) in [6.45, 7) is 1.67. The summed E-state index contributed by atoms with van der Waals surface area (Å²) >= 11 is 0. The molecule has 24 heavy (non-hydrogen) atoms. The number of carbonyl (C=O) groups excluding carboxylic acids is 1. The Morgan fingerprint density at radius 3 is 2.83 bits per heavy atom. The van der Waals surface area contributed by atoms with Gasteiger partial charge in [0.15, 0.2) is 11.9 Å². The molecule has 2 heterocycles. The first-order valence-corrected chi connectivity index (χ1v) is 7.12. The monoisotopic (exact) mass is 324 g/mol. The molecule has 3 rings (SSSR count). The van der Waals surface area contributed by atoms with Crippen molar-refractivity contribution in [3.05, 3.63) is 57.6 Å². The van der Waals surface area contributed by atoms with Crippen LogP contribution in [0.3, 0.4) is 0 Å². The molecule has 0 fully saturated rings. The van der Waals surface area contributed by atoms with Gasteiger partial charge in [0.1, 0.15) is 0 Å². The van der Waals surface area contributed by atoms with Gasteiger partial charge in [0, 0.05) is 6.07 Å². The van der Waals surface area contributed by atoms with E-state index in [-0.39, 0.29) is 24.1 Å². The lowest BCUT2D eigenvalue weighted by molar-refractivity contribution is -0.389. The number of nitro groups is 1. The number of aromatic nitrogens is 1. The quantitative estimate of drug-likeness (QED) is 0.632. The molecule has 1 aliphatic rings. The molecule has 1 amide bonds. The maximum Gasteiger partial charge on any atom is 0.366 e. The molecule has 0 N–H and O–H groups in total. The zero-order valence-corrected chi connectivity index (χ0v) is 12.7. The fraction of sp³-hybridized carbons (Fsp3) is 0.188. The molecule has 0 saturated carbocycles. The van der Waals surface area contributed by atoms with Crippen molar-refractivity contribution in [2.45, 2.75) is 19.6 Å². The van der Waals surface area contributed by atoms with Crippen molar-refractivity contribution in [2.24, 2.45) is 0 Å². The van der Waals surface area contributed by atoms with Crippen LogP contribution in [0.2, 0.25) is 0 Å². The highest BCUT2D eigenvalue weighted by molar-refractivity contribution is 5.98. The molecule has 0 radical (unpaired) electrons. The summed E-state index contributed by atoms with van der Waals surface area (Å²) in [6.07, 6.45) is -0.741. The van der Waals surface area contributed by atoms with E-state index in [1.165, 1.54) is 17.0 Å². The van der Waals surface area contributed by atoms with Gasteiger partial charge in [-0.25, -0.2) is 0 Å². The minimum absolute atomic E-state index is 0.0808. The molecule has 8 heteroatoms. The van der Waals surface area contributed by atoms with Crippen LogP contribution in [0.1, 0.15) is 18.1 Å². The molecule has 1 unspecified atom stereocenters. The number of nitrogens with zero attached hydrogens (tertiary/aromatic N) is 4. The van der Waals surface area contributed by atoms with E-state index in [0.717, 1.165) is 0 Å². The zero-order valence-electron chi connectivity index (χ0n) is 12.7. The minimum atomic E-state index is -0.741. The van der Waals surface area contributed by atoms with E-state index >= 15 is 0 Å². The Labute approximate surface area is 137 Å². The van der Waals surface area contributed by atoms with Gasteiger partial charge in [0.2, 0.25) is 0 Å². The molecule has 120 valence electrons. The topological polar surface area (TPSA) is 109 Å². The first-order chi connectivity index (χ1) is 11.5. The summed E-state index contributed by atoms with van der Waals surface area (Å²) in [5.41, 5.74) is 1.05. The Morgan fingerprint density at radius 1 is 1.38 bits per heavy atom. The number of pyridine rings is 1. The SMILES string of the molecule is CC1Oc2ccc([N+](=O)[O-])nc2N(Cc2ccccc2C#N)C1=O. The van der Waals surface area contributed by atoms with Crippen LogP contribution in [0.25, 0.3) is 0 Å². The Morgan fingerprint density at radius 2 is 2.12 bits per heavy atom. The second-order valence-corrected chi connectivity index (χ2v) is 5.20. The van der Waals surface area contributed by atoms with Crippen LogP contribution >= 0.6 is 0 Å². The Balaban J connectivity index is 2.07. The number of rotatable bonds is 3. The summed E-state index contributed by atoms with van der Waals surface area (Å²) in [6, 6.07) is 11.6. The Kier molecular flexibility index (Phi) is 3.83. The van der Waals surface area contributed by atoms with E-state index in [2.05, 4.69) is 11.1 Å². The smallest absolute Gasteiger partial charge is 0.366 e. The van der Waals surface area contributed by atoms with Crippen molar-refractivity contribution >= 4 is 17.5 Å². The first kappa shape index (κ1) is 15.4. The van der Waals surface area contributed by atoms with Gasteiger partial charge in [-0.1, -0.05) is 18.2 Å². The molecule has 1 aromatic heterocycles. The lowest BCUT2D eigenvalue weighted by Gasteiger charge is -2.29. The normalized spacial score (nSPS) is 16.1. The van der Waals surface area contributed by atoms with Gasteiger partial charge in [-0.05, 0) is 34.5 Å². The highest BCUT2D eigenvalue weighted by Crippen LogP contribution is 2.35. The lowest BCUT2D eigenvalue weighted by atomic mass is 10.1. The number of fused-ring (bicyclic) bond motifs is 1. The van der Waals surface area contributed by atoms with Gasteiger partial charge in [0.25, 0.3) is 11.7 Å². The maximum absolute atomic E-state index is 12.5. The second-order valence-electron chi connectivity index (χ2n) is 5.20. The third-order valence-electron chi connectivity index (χ3n) is 3.65. The number of hydrogen-bond acceptors (Lipinski definition) is 6. The van der Waals surface area contributed by atoms with Crippen molar-refractivity contribution in [3.63, 3.8) is 0 Å². The van der Waals surface area contributed by atoms with Crippen LogP contribution in [0.15, 0.2) is 36.4 Å². The van der Waals surface area contributed by atoms with Crippen LogP contribution < -0.4 is 9.64 Å². The summed E-state index contributed by atoms with van der Waals surface area (Å²) in [4.78, 5) is 28.0.